The Morgan fingerprint density at radius 1 is 0.679 bits per heavy atom. The van der Waals surface area contributed by atoms with Gasteiger partial charge in [0.15, 0.2) is 0 Å². The molecule has 0 rings (SSSR count). The second kappa shape index (κ2) is 15.5. The fourth-order valence-corrected chi connectivity index (χ4v) is 1.92. The Kier molecular flexibility index (Phi) is 15.9. The van der Waals surface area contributed by atoms with Gasteiger partial charge in [-0.3, -0.25) is 0 Å². The molecule has 0 aliphatic carbocycles. The third-order valence-electron chi connectivity index (χ3n) is 3.15. The van der Waals surface area contributed by atoms with E-state index in [1.165, 1.54) is 4.90 Å². The zero-order valence-electron chi connectivity index (χ0n) is 14.4. The van der Waals surface area contributed by atoms with Crippen molar-refractivity contribution in [2.75, 3.05) is 32.7 Å². The maximum Gasteiger partial charge on any atom is 3.00 e. The standard InChI is InChI=1S/C14H21N3O10.Gd/c18-10(19)5-8(13(24)25)15-1-3-17(7-12(22)23)4-2-16-9(14(26)27)6-11(20)21;/h8-9H,1-7H2,(H,18,19)(H,20,21)(H,22,23)(H,24,25)(H,26,27);/q-2;+3/p-5. The van der Waals surface area contributed by atoms with Crippen LogP contribution in [-0.2, 0) is 24.0 Å². The van der Waals surface area contributed by atoms with Crippen molar-refractivity contribution in [2.45, 2.75) is 24.9 Å². The molecule has 0 spiro atoms. The molecule has 0 heterocycles. The number of carbonyl (C=O) groups is 5. The number of aliphatic carboxylic acids is 5. The van der Waals surface area contributed by atoms with Gasteiger partial charge in [-0.25, -0.2) is 0 Å². The van der Waals surface area contributed by atoms with E-state index in [-0.39, 0.29) is 66.1 Å². The van der Waals surface area contributed by atoms with Crippen LogP contribution in [0.25, 0.3) is 10.6 Å². The zero-order valence-corrected chi connectivity index (χ0v) is 16.7. The van der Waals surface area contributed by atoms with Crippen molar-refractivity contribution >= 4 is 29.8 Å². The largest absolute Gasteiger partial charge is 3.00 e. The molecule has 0 aromatic heterocycles. The van der Waals surface area contributed by atoms with Crippen LogP contribution in [0.5, 0.6) is 0 Å². The van der Waals surface area contributed by atoms with Gasteiger partial charge in [-0.05, 0) is 25.9 Å². The molecule has 0 saturated heterocycles. The Hall–Kier alpha value is -1.45. The van der Waals surface area contributed by atoms with Gasteiger partial charge in [0, 0.05) is 30.4 Å². The maximum atomic E-state index is 10.7. The van der Waals surface area contributed by atoms with Crippen LogP contribution >= 0.6 is 0 Å². The van der Waals surface area contributed by atoms with E-state index in [1.807, 2.05) is 0 Å². The van der Waals surface area contributed by atoms with Gasteiger partial charge >= 0.3 is 39.9 Å². The summed E-state index contributed by atoms with van der Waals surface area (Å²) in [5.41, 5.74) is 0. The second-order valence-electron chi connectivity index (χ2n) is 5.28. The number of hydrogen-bond acceptors (Lipinski definition) is 11. The van der Waals surface area contributed by atoms with Crippen LogP contribution < -0.4 is 25.5 Å². The van der Waals surface area contributed by atoms with E-state index in [0.29, 0.717) is 0 Å². The number of carboxylic acids is 5. The van der Waals surface area contributed by atoms with E-state index in [1.54, 1.807) is 0 Å². The zero-order chi connectivity index (χ0) is 21.0. The molecule has 0 amide bonds. The molecule has 2 atom stereocenters. The van der Waals surface area contributed by atoms with Crippen LogP contribution in [0.2, 0.25) is 0 Å². The summed E-state index contributed by atoms with van der Waals surface area (Å²) in [5, 5.41) is 60.2. The van der Waals surface area contributed by atoms with E-state index < -0.39 is 61.3 Å². The minimum absolute atomic E-state index is 0. The molecule has 2 unspecified atom stereocenters. The number of hydrogen-bond donors (Lipinski definition) is 0. The molecule has 0 fully saturated rings. The number of rotatable bonds is 16. The maximum absolute atomic E-state index is 10.7. The van der Waals surface area contributed by atoms with Gasteiger partial charge in [-0.2, -0.15) is 0 Å². The molecule has 0 N–H and O–H groups in total. The first kappa shape index (κ1) is 28.8. The summed E-state index contributed by atoms with van der Waals surface area (Å²) in [6.07, 6.45) is -1.82. The first-order valence-corrected chi connectivity index (χ1v) is 7.59. The van der Waals surface area contributed by atoms with Crippen LogP contribution in [0.1, 0.15) is 12.8 Å². The van der Waals surface area contributed by atoms with E-state index in [2.05, 4.69) is 10.6 Å². The fourth-order valence-electron chi connectivity index (χ4n) is 1.92. The second-order valence-corrected chi connectivity index (χ2v) is 5.28. The molecule has 0 bridgehead atoms. The summed E-state index contributed by atoms with van der Waals surface area (Å²) in [6, 6.07) is -3.34. The first-order chi connectivity index (χ1) is 12.5. The fraction of sp³-hybridized carbons (Fsp3) is 0.643. The first-order valence-electron chi connectivity index (χ1n) is 7.59. The van der Waals surface area contributed by atoms with E-state index >= 15 is 0 Å². The van der Waals surface area contributed by atoms with Crippen LogP contribution in [0.3, 0.4) is 0 Å². The van der Waals surface area contributed by atoms with Crippen molar-refractivity contribution in [2.24, 2.45) is 0 Å². The predicted octanol–water partition coefficient (Wildman–Crippen LogP) is -7.70. The van der Waals surface area contributed by atoms with Crippen molar-refractivity contribution in [3.05, 3.63) is 10.6 Å². The molecule has 0 aliphatic rings. The van der Waals surface area contributed by atoms with E-state index in [4.69, 9.17) is 0 Å². The Labute approximate surface area is 191 Å². The molecule has 28 heavy (non-hydrogen) atoms. The third-order valence-corrected chi connectivity index (χ3v) is 3.15. The van der Waals surface area contributed by atoms with E-state index in [9.17, 15) is 49.5 Å². The minimum atomic E-state index is -1.74. The van der Waals surface area contributed by atoms with Crippen LogP contribution in [0.4, 0.5) is 0 Å². The Balaban J connectivity index is 0. The molecular weight excluding hydrogens is 527 g/mol. The van der Waals surface area contributed by atoms with Gasteiger partial charge in [-0.1, -0.05) is 12.1 Å². The molecule has 0 aromatic rings. The van der Waals surface area contributed by atoms with Crippen molar-refractivity contribution in [1.29, 1.82) is 0 Å². The van der Waals surface area contributed by atoms with Gasteiger partial charge in [0.1, 0.15) is 0 Å². The normalized spacial score (nSPS) is 12.6. The van der Waals surface area contributed by atoms with Crippen molar-refractivity contribution in [1.82, 2.24) is 4.90 Å². The topological polar surface area (TPSA) is 232 Å². The van der Waals surface area contributed by atoms with Crippen molar-refractivity contribution in [3.8, 4) is 0 Å². The smallest absolute Gasteiger partial charge is 0.653 e. The summed E-state index contributed by atoms with van der Waals surface area (Å²) in [4.78, 5) is 54.2. The molecule has 13 nitrogen and oxygen atoms in total. The summed E-state index contributed by atoms with van der Waals surface area (Å²) in [5.74, 6) is -8.27. The monoisotopic (exact) mass is 544 g/mol. The predicted molar refractivity (Wildman–Crippen MR) is 74.7 cm³/mol. The molecule has 1 radical (unpaired) electrons. The van der Waals surface area contributed by atoms with Gasteiger partial charge < -0.3 is 65.0 Å². The molecule has 0 saturated carbocycles. The van der Waals surface area contributed by atoms with Crippen LogP contribution in [0, 0.1) is 39.9 Å². The molecule has 159 valence electrons. The summed E-state index contributed by atoms with van der Waals surface area (Å²) in [7, 11) is 0. The quantitative estimate of drug-likeness (QED) is 0.177. The SMILES string of the molecule is O=C([O-])CC([N-]CCN(CC[N-]C(CC(=O)[O-])C(=O)[O-])CC(=O)[O-])C(=O)[O-].[Gd+3]. The average Bonchev–Trinajstić information content (AvgIpc) is 2.51. The van der Waals surface area contributed by atoms with Crippen molar-refractivity contribution < 1.29 is 89.4 Å². The Morgan fingerprint density at radius 3 is 1.29 bits per heavy atom. The van der Waals surface area contributed by atoms with Gasteiger partial charge in [0.05, 0.1) is 5.97 Å². The van der Waals surface area contributed by atoms with Gasteiger partial charge in [-0.15, -0.1) is 13.1 Å². The molecule has 0 aromatic carbocycles. The Bertz CT molecular complexity index is 519. The van der Waals surface area contributed by atoms with Gasteiger partial charge in [0.2, 0.25) is 0 Å². The number of nitrogens with zero attached hydrogens (tertiary/aromatic N) is 3. The average molecular weight is 544 g/mol. The summed E-state index contributed by atoms with van der Waals surface area (Å²) >= 11 is 0. The Morgan fingerprint density at radius 2 is 1.04 bits per heavy atom. The minimum Gasteiger partial charge on any atom is -0.653 e. The van der Waals surface area contributed by atoms with Gasteiger partial charge in [0.25, 0.3) is 0 Å². The van der Waals surface area contributed by atoms with Crippen LogP contribution in [0.15, 0.2) is 0 Å². The molecule has 0 aliphatic heterocycles. The number of carbonyl (C=O) groups excluding carboxylic acids is 5. The van der Waals surface area contributed by atoms with Crippen molar-refractivity contribution in [3.63, 3.8) is 0 Å². The summed E-state index contributed by atoms with van der Waals surface area (Å²) < 4.78 is 0. The summed E-state index contributed by atoms with van der Waals surface area (Å²) in [6.45, 7) is -1.46. The molecular formula is C14H16GdN3O10-4. The number of carboxylic acid groups (broad SMARTS) is 5. The molecule has 14 heteroatoms. The van der Waals surface area contributed by atoms with Crippen LogP contribution in [-0.4, -0.2) is 79.6 Å². The third kappa shape index (κ3) is 14.6. The van der Waals surface area contributed by atoms with E-state index in [0.717, 1.165) is 0 Å².